The summed E-state index contributed by atoms with van der Waals surface area (Å²) in [5.74, 6) is -0.597. The number of amides is 1. The molecule has 3 rings (SSSR count). The third-order valence-electron chi connectivity index (χ3n) is 4.28. The molecule has 1 aromatic heterocycles. The number of nitrogens with zero attached hydrogens (tertiary/aromatic N) is 2. The van der Waals surface area contributed by atoms with E-state index in [0.29, 0.717) is 5.56 Å². The van der Waals surface area contributed by atoms with Gasteiger partial charge in [-0.3, -0.25) is 4.79 Å². The third kappa shape index (κ3) is 4.30. The quantitative estimate of drug-likeness (QED) is 0.763. The van der Waals surface area contributed by atoms with E-state index in [1.54, 1.807) is 13.0 Å². The number of aryl methyl sites for hydroxylation is 1. The number of hydrogen-bond acceptors (Lipinski definition) is 5. The van der Waals surface area contributed by atoms with E-state index in [1.165, 1.54) is 15.5 Å². The third-order valence-corrected chi connectivity index (χ3v) is 6.19. The van der Waals surface area contributed by atoms with Crippen molar-refractivity contribution in [1.82, 2.24) is 9.21 Å². The number of benzene rings is 1. The Morgan fingerprint density at radius 1 is 1.07 bits per heavy atom. The highest BCUT2D eigenvalue weighted by Gasteiger charge is 2.33. The minimum atomic E-state index is -4.85. The summed E-state index contributed by atoms with van der Waals surface area (Å²) in [6.45, 7) is 2.22. The SMILES string of the molecule is Cc1ccoc1C(=O)N1CCN(S(=O)(=O)c2ccc(OC(F)(F)F)cc2)CC1. The van der Waals surface area contributed by atoms with Crippen molar-refractivity contribution in [1.29, 1.82) is 0 Å². The van der Waals surface area contributed by atoms with Gasteiger partial charge >= 0.3 is 6.36 Å². The van der Waals surface area contributed by atoms with E-state index in [2.05, 4.69) is 4.74 Å². The Morgan fingerprint density at radius 2 is 1.68 bits per heavy atom. The lowest BCUT2D eigenvalue weighted by Gasteiger charge is -2.33. The van der Waals surface area contributed by atoms with Crippen LogP contribution < -0.4 is 4.74 Å². The van der Waals surface area contributed by atoms with Crippen LogP contribution in [0, 0.1) is 6.92 Å². The predicted octanol–water partition coefficient (Wildman–Crippen LogP) is 2.63. The molecule has 152 valence electrons. The van der Waals surface area contributed by atoms with Crippen LogP contribution >= 0.6 is 0 Å². The monoisotopic (exact) mass is 418 g/mol. The van der Waals surface area contributed by atoms with Crippen LogP contribution in [-0.4, -0.2) is 56.1 Å². The first-order valence-corrected chi connectivity index (χ1v) is 9.71. The molecule has 1 aromatic carbocycles. The molecule has 0 radical (unpaired) electrons. The molecule has 0 atom stereocenters. The Bertz CT molecular complexity index is 946. The van der Waals surface area contributed by atoms with Gasteiger partial charge in [-0.25, -0.2) is 8.42 Å². The van der Waals surface area contributed by atoms with Crippen LogP contribution in [0.5, 0.6) is 5.75 Å². The first kappa shape index (κ1) is 20.2. The summed E-state index contributed by atoms with van der Waals surface area (Å²) in [6.07, 6.45) is -3.44. The number of hydrogen-bond donors (Lipinski definition) is 0. The normalized spacial score (nSPS) is 16.2. The summed E-state index contributed by atoms with van der Waals surface area (Å²) in [6, 6.07) is 5.67. The second-order valence-electron chi connectivity index (χ2n) is 6.15. The van der Waals surface area contributed by atoms with Crippen molar-refractivity contribution in [2.24, 2.45) is 0 Å². The largest absolute Gasteiger partial charge is 0.573 e. The molecule has 0 saturated carbocycles. The fourth-order valence-corrected chi connectivity index (χ4v) is 4.25. The van der Waals surface area contributed by atoms with E-state index in [-0.39, 0.29) is 42.7 Å². The smallest absolute Gasteiger partial charge is 0.459 e. The van der Waals surface area contributed by atoms with E-state index in [4.69, 9.17) is 4.42 Å². The van der Waals surface area contributed by atoms with Gasteiger partial charge in [0.2, 0.25) is 10.0 Å². The van der Waals surface area contributed by atoms with Gasteiger partial charge in [0.15, 0.2) is 5.76 Å². The van der Waals surface area contributed by atoms with E-state index >= 15 is 0 Å². The van der Waals surface area contributed by atoms with Crippen molar-refractivity contribution in [2.45, 2.75) is 18.2 Å². The van der Waals surface area contributed by atoms with Gasteiger partial charge in [0.05, 0.1) is 11.2 Å². The number of rotatable bonds is 4. The van der Waals surface area contributed by atoms with Gasteiger partial charge in [-0.15, -0.1) is 13.2 Å². The molecule has 1 fully saturated rings. The predicted molar refractivity (Wildman–Crippen MR) is 91.2 cm³/mol. The van der Waals surface area contributed by atoms with Gasteiger partial charge in [0, 0.05) is 31.7 Å². The van der Waals surface area contributed by atoms with Gasteiger partial charge in [-0.05, 0) is 37.3 Å². The highest BCUT2D eigenvalue weighted by molar-refractivity contribution is 7.89. The molecule has 2 heterocycles. The van der Waals surface area contributed by atoms with Gasteiger partial charge < -0.3 is 14.1 Å². The molecule has 1 aliphatic rings. The van der Waals surface area contributed by atoms with Crippen LogP contribution in [0.15, 0.2) is 45.9 Å². The van der Waals surface area contributed by atoms with Crippen molar-refractivity contribution < 1.29 is 35.5 Å². The lowest BCUT2D eigenvalue weighted by Crippen LogP contribution is -2.50. The molecule has 11 heteroatoms. The lowest BCUT2D eigenvalue weighted by molar-refractivity contribution is -0.274. The zero-order valence-electron chi connectivity index (χ0n) is 14.8. The zero-order chi connectivity index (χ0) is 20.5. The fourth-order valence-electron chi connectivity index (χ4n) is 2.83. The summed E-state index contributed by atoms with van der Waals surface area (Å²) in [7, 11) is -3.90. The van der Waals surface area contributed by atoms with Gasteiger partial charge in [0.25, 0.3) is 5.91 Å². The number of sulfonamides is 1. The van der Waals surface area contributed by atoms with Gasteiger partial charge in [-0.2, -0.15) is 4.31 Å². The summed E-state index contributed by atoms with van der Waals surface area (Å²) in [5, 5.41) is 0. The van der Waals surface area contributed by atoms with Crippen molar-refractivity contribution in [3.63, 3.8) is 0 Å². The molecule has 0 spiro atoms. The van der Waals surface area contributed by atoms with Gasteiger partial charge in [0.1, 0.15) is 5.75 Å². The Balaban J connectivity index is 1.66. The first-order chi connectivity index (χ1) is 13.1. The maximum atomic E-state index is 12.7. The van der Waals surface area contributed by atoms with Crippen molar-refractivity contribution in [3.05, 3.63) is 47.9 Å². The van der Waals surface area contributed by atoms with Crippen molar-refractivity contribution in [2.75, 3.05) is 26.2 Å². The molecule has 7 nitrogen and oxygen atoms in total. The molecule has 0 bridgehead atoms. The van der Waals surface area contributed by atoms with Crippen LogP contribution in [0.1, 0.15) is 16.1 Å². The number of ether oxygens (including phenoxy) is 1. The van der Waals surface area contributed by atoms with Crippen LogP contribution in [0.3, 0.4) is 0 Å². The summed E-state index contributed by atoms with van der Waals surface area (Å²) < 4.78 is 72.1. The van der Waals surface area contributed by atoms with Crippen molar-refractivity contribution in [3.8, 4) is 5.75 Å². The van der Waals surface area contributed by atoms with E-state index in [1.807, 2.05) is 0 Å². The Kier molecular flexibility index (Phi) is 5.39. The highest BCUT2D eigenvalue weighted by Crippen LogP contribution is 2.25. The minimum absolute atomic E-state index is 0.0641. The van der Waals surface area contributed by atoms with E-state index in [0.717, 1.165) is 24.3 Å². The molecule has 0 N–H and O–H groups in total. The molecule has 1 saturated heterocycles. The maximum absolute atomic E-state index is 12.7. The summed E-state index contributed by atoms with van der Waals surface area (Å²) >= 11 is 0. The number of alkyl halides is 3. The standard InChI is InChI=1S/C17H17F3N2O5S/c1-12-6-11-26-15(12)16(23)21-7-9-22(10-8-21)28(24,25)14-4-2-13(3-5-14)27-17(18,19)20/h2-6,11H,7-10H2,1H3. The topological polar surface area (TPSA) is 80.1 Å². The molecule has 1 amide bonds. The van der Waals surface area contributed by atoms with Crippen LogP contribution in [0.2, 0.25) is 0 Å². The molecule has 2 aromatic rings. The molecule has 0 unspecified atom stereocenters. The number of carbonyl (C=O) groups excluding carboxylic acids is 1. The summed E-state index contributed by atoms with van der Waals surface area (Å²) in [4.78, 5) is 13.8. The summed E-state index contributed by atoms with van der Waals surface area (Å²) in [5.41, 5.74) is 0.696. The zero-order valence-corrected chi connectivity index (χ0v) is 15.6. The molecule has 28 heavy (non-hydrogen) atoms. The Labute approximate surface area is 159 Å². The van der Waals surface area contributed by atoms with Crippen LogP contribution in [-0.2, 0) is 10.0 Å². The van der Waals surface area contributed by atoms with E-state index in [9.17, 15) is 26.4 Å². The average Bonchev–Trinajstić information content (AvgIpc) is 3.06. The maximum Gasteiger partial charge on any atom is 0.573 e. The number of carbonyl (C=O) groups is 1. The molecule has 1 aliphatic heterocycles. The second-order valence-corrected chi connectivity index (χ2v) is 8.09. The number of halogens is 3. The van der Waals surface area contributed by atoms with Crippen LogP contribution in [0.25, 0.3) is 0 Å². The highest BCUT2D eigenvalue weighted by atomic mass is 32.2. The Hall–Kier alpha value is -2.53. The van der Waals surface area contributed by atoms with Crippen LogP contribution in [0.4, 0.5) is 13.2 Å². The van der Waals surface area contributed by atoms with Gasteiger partial charge in [-0.1, -0.05) is 0 Å². The fraction of sp³-hybridized carbons (Fsp3) is 0.353. The number of piperazine rings is 1. The Morgan fingerprint density at radius 3 is 2.18 bits per heavy atom. The van der Waals surface area contributed by atoms with Crippen molar-refractivity contribution >= 4 is 15.9 Å². The molecular formula is C17H17F3N2O5S. The average molecular weight is 418 g/mol. The second kappa shape index (κ2) is 7.47. The number of furan rings is 1. The molecule has 0 aliphatic carbocycles. The minimum Gasteiger partial charge on any atom is -0.459 e. The molecular weight excluding hydrogens is 401 g/mol. The lowest BCUT2D eigenvalue weighted by atomic mass is 10.2. The first-order valence-electron chi connectivity index (χ1n) is 8.27. The van der Waals surface area contributed by atoms with E-state index < -0.39 is 22.1 Å².